The summed E-state index contributed by atoms with van der Waals surface area (Å²) >= 11 is 0. The van der Waals surface area contributed by atoms with Crippen LogP contribution >= 0.6 is 0 Å². The van der Waals surface area contributed by atoms with Crippen LogP contribution in [0.1, 0.15) is 83.1 Å². The summed E-state index contributed by atoms with van der Waals surface area (Å²) in [6.07, 6.45) is 15.9. The lowest BCUT2D eigenvalue weighted by Crippen LogP contribution is -2.45. The summed E-state index contributed by atoms with van der Waals surface area (Å²) < 4.78 is 5.33. The van der Waals surface area contributed by atoms with Crippen LogP contribution in [0.2, 0.25) is 0 Å². The van der Waals surface area contributed by atoms with E-state index in [9.17, 15) is 4.79 Å². The van der Waals surface area contributed by atoms with Gasteiger partial charge in [0.25, 0.3) is 0 Å². The SMILES string of the molecule is CCCC(=O)Oc1ccc(CCCCC23CC4CC(CC(C4)C2)C3)cc1. The smallest absolute Gasteiger partial charge is 0.311 e. The van der Waals surface area contributed by atoms with E-state index in [1.165, 1.54) is 44.1 Å². The van der Waals surface area contributed by atoms with Gasteiger partial charge in [0.15, 0.2) is 0 Å². The predicted molar refractivity (Wildman–Crippen MR) is 105 cm³/mol. The van der Waals surface area contributed by atoms with Crippen molar-refractivity contribution in [1.29, 1.82) is 0 Å². The molecule has 0 radical (unpaired) electrons. The maximum Gasteiger partial charge on any atom is 0.311 e. The van der Waals surface area contributed by atoms with E-state index in [4.69, 9.17) is 4.74 Å². The van der Waals surface area contributed by atoms with Gasteiger partial charge in [-0.25, -0.2) is 0 Å². The Morgan fingerprint density at radius 1 is 1.00 bits per heavy atom. The minimum atomic E-state index is -0.129. The first-order chi connectivity index (χ1) is 12.6. The van der Waals surface area contributed by atoms with Crippen LogP contribution in [-0.2, 0) is 11.2 Å². The highest BCUT2D eigenvalue weighted by Gasteiger charge is 2.50. The zero-order valence-corrected chi connectivity index (χ0v) is 16.3. The summed E-state index contributed by atoms with van der Waals surface area (Å²) in [6.45, 7) is 1.99. The maximum atomic E-state index is 11.5. The first-order valence-electron chi connectivity index (χ1n) is 10.9. The Morgan fingerprint density at radius 3 is 2.19 bits per heavy atom. The number of carbonyl (C=O) groups excluding carboxylic acids is 1. The molecule has 0 saturated heterocycles. The van der Waals surface area contributed by atoms with Gasteiger partial charge >= 0.3 is 5.97 Å². The Morgan fingerprint density at radius 2 is 1.62 bits per heavy atom. The van der Waals surface area contributed by atoms with Crippen LogP contribution in [0.3, 0.4) is 0 Å². The molecule has 4 aliphatic carbocycles. The van der Waals surface area contributed by atoms with Gasteiger partial charge in [-0.2, -0.15) is 0 Å². The Balaban J connectivity index is 1.21. The Hall–Kier alpha value is -1.31. The van der Waals surface area contributed by atoms with Crippen LogP contribution in [0.15, 0.2) is 24.3 Å². The first-order valence-corrected chi connectivity index (χ1v) is 10.9. The van der Waals surface area contributed by atoms with Gasteiger partial charge in [-0.1, -0.05) is 25.5 Å². The normalized spacial score (nSPS) is 32.0. The second kappa shape index (κ2) is 7.74. The average molecular weight is 355 g/mol. The lowest BCUT2D eigenvalue weighted by atomic mass is 9.48. The Bertz CT molecular complexity index is 580. The van der Waals surface area contributed by atoms with E-state index in [1.807, 2.05) is 19.1 Å². The van der Waals surface area contributed by atoms with E-state index >= 15 is 0 Å². The first kappa shape index (κ1) is 18.1. The molecule has 0 spiro atoms. The maximum absolute atomic E-state index is 11.5. The number of carbonyl (C=O) groups is 1. The fourth-order valence-corrected chi connectivity index (χ4v) is 6.54. The molecular weight excluding hydrogens is 320 g/mol. The quantitative estimate of drug-likeness (QED) is 0.310. The number of ether oxygens (including phenoxy) is 1. The molecule has 0 atom stereocenters. The van der Waals surface area contributed by atoms with Crippen molar-refractivity contribution in [3.8, 4) is 5.75 Å². The van der Waals surface area contributed by atoms with Gasteiger partial charge in [0.05, 0.1) is 0 Å². The molecule has 0 amide bonds. The summed E-state index contributed by atoms with van der Waals surface area (Å²) in [6, 6.07) is 8.14. The number of aryl methyl sites for hydroxylation is 1. The summed E-state index contributed by atoms with van der Waals surface area (Å²) in [5.41, 5.74) is 2.09. The largest absolute Gasteiger partial charge is 0.427 e. The third-order valence-corrected chi connectivity index (χ3v) is 7.20. The molecule has 4 saturated carbocycles. The van der Waals surface area contributed by atoms with Crippen LogP contribution in [0.4, 0.5) is 0 Å². The monoisotopic (exact) mass is 354 g/mol. The van der Waals surface area contributed by atoms with Gasteiger partial charge in [0.2, 0.25) is 0 Å². The standard InChI is InChI=1S/C24H34O2/c1-2-5-23(25)26-22-9-7-18(8-10-22)6-3-4-11-24-15-19-12-20(16-24)14-21(13-19)17-24/h7-10,19-21H,2-6,11-17H2,1H3. The van der Waals surface area contributed by atoms with Gasteiger partial charge in [0, 0.05) is 6.42 Å². The molecule has 4 bridgehead atoms. The van der Waals surface area contributed by atoms with E-state index in [1.54, 1.807) is 19.3 Å². The second-order valence-electron chi connectivity index (χ2n) is 9.49. The third-order valence-electron chi connectivity index (χ3n) is 7.20. The van der Waals surface area contributed by atoms with Gasteiger partial charge in [-0.05, 0) is 105 Å². The third kappa shape index (κ3) is 4.15. The highest BCUT2D eigenvalue weighted by molar-refractivity contribution is 5.72. The molecule has 0 aliphatic heterocycles. The molecule has 2 heteroatoms. The molecule has 2 nitrogen and oxygen atoms in total. The van der Waals surface area contributed by atoms with Crippen LogP contribution in [0, 0.1) is 23.2 Å². The van der Waals surface area contributed by atoms with Crippen molar-refractivity contribution in [3.63, 3.8) is 0 Å². The topological polar surface area (TPSA) is 26.3 Å². The minimum Gasteiger partial charge on any atom is -0.427 e. The lowest BCUT2D eigenvalue weighted by molar-refractivity contribution is -0.134. The molecule has 142 valence electrons. The summed E-state index contributed by atoms with van der Waals surface area (Å²) in [5, 5.41) is 0. The number of hydrogen-bond acceptors (Lipinski definition) is 2. The molecule has 0 heterocycles. The summed E-state index contributed by atoms with van der Waals surface area (Å²) in [7, 11) is 0. The van der Waals surface area contributed by atoms with Crippen molar-refractivity contribution < 1.29 is 9.53 Å². The zero-order chi connectivity index (χ0) is 18.0. The van der Waals surface area contributed by atoms with Crippen molar-refractivity contribution in [2.24, 2.45) is 23.2 Å². The fourth-order valence-electron chi connectivity index (χ4n) is 6.54. The van der Waals surface area contributed by atoms with Gasteiger partial charge in [-0.15, -0.1) is 0 Å². The number of rotatable bonds is 8. The van der Waals surface area contributed by atoms with E-state index in [0.29, 0.717) is 12.2 Å². The molecule has 4 aliphatic rings. The molecular formula is C24H34O2. The van der Waals surface area contributed by atoms with E-state index in [2.05, 4.69) is 12.1 Å². The van der Waals surface area contributed by atoms with Crippen LogP contribution < -0.4 is 4.74 Å². The molecule has 4 fully saturated rings. The molecule has 0 N–H and O–H groups in total. The van der Waals surface area contributed by atoms with Crippen molar-refractivity contribution >= 4 is 5.97 Å². The molecule has 26 heavy (non-hydrogen) atoms. The molecule has 5 rings (SSSR count). The van der Waals surface area contributed by atoms with Crippen molar-refractivity contribution in [3.05, 3.63) is 29.8 Å². The van der Waals surface area contributed by atoms with E-state index < -0.39 is 0 Å². The van der Waals surface area contributed by atoms with Crippen LogP contribution in [-0.4, -0.2) is 5.97 Å². The second-order valence-corrected chi connectivity index (χ2v) is 9.49. The Labute approximate surface area is 158 Å². The van der Waals surface area contributed by atoms with Gasteiger partial charge in [0.1, 0.15) is 5.75 Å². The average Bonchev–Trinajstić information content (AvgIpc) is 2.59. The lowest BCUT2D eigenvalue weighted by Gasteiger charge is -2.57. The highest BCUT2D eigenvalue weighted by atomic mass is 16.5. The molecule has 0 aromatic heterocycles. The number of hydrogen-bond donors (Lipinski definition) is 0. The number of esters is 1. The summed E-state index contributed by atoms with van der Waals surface area (Å²) in [5.74, 6) is 3.77. The Kier molecular flexibility index (Phi) is 5.38. The zero-order valence-electron chi connectivity index (χ0n) is 16.3. The molecule has 1 aromatic carbocycles. The highest BCUT2D eigenvalue weighted by Crippen LogP contribution is 2.61. The molecule has 0 unspecified atom stereocenters. The van der Waals surface area contributed by atoms with Gasteiger partial charge < -0.3 is 4.74 Å². The van der Waals surface area contributed by atoms with E-state index in [0.717, 1.165) is 36.0 Å². The van der Waals surface area contributed by atoms with Crippen LogP contribution in [0.25, 0.3) is 0 Å². The number of benzene rings is 1. The van der Waals surface area contributed by atoms with Gasteiger partial charge in [-0.3, -0.25) is 4.79 Å². The fraction of sp³-hybridized carbons (Fsp3) is 0.708. The molecule has 1 aromatic rings. The summed E-state index contributed by atoms with van der Waals surface area (Å²) in [4.78, 5) is 11.5. The number of unbranched alkanes of at least 4 members (excludes halogenated alkanes) is 1. The van der Waals surface area contributed by atoms with Crippen molar-refractivity contribution in [2.75, 3.05) is 0 Å². The van der Waals surface area contributed by atoms with Crippen molar-refractivity contribution in [1.82, 2.24) is 0 Å². The minimum absolute atomic E-state index is 0.129. The van der Waals surface area contributed by atoms with E-state index in [-0.39, 0.29) is 5.97 Å². The predicted octanol–water partition coefficient (Wildman–Crippen LogP) is 6.32. The van der Waals surface area contributed by atoms with Crippen molar-refractivity contribution in [2.45, 2.75) is 84.0 Å². The van der Waals surface area contributed by atoms with Crippen LogP contribution in [0.5, 0.6) is 5.75 Å².